The maximum absolute atomic E-state index is 15.3. The molecule has 3 aromatic carbocycles. The van der Waals surface area contributed by atoms with E-state index in [9.17, 15) is 13.2 Å². The summed E-state index contributed by atoms with van der Waals surface area (Å²) in [6.45, 7) is 6.84. The SMILES string of the molecule is CCN(CC)Cc1ccc(C2(N3CCC[C@@H]3OC(=O)N(C)C)C(=O)N(S(=O)(=O)c3ccc(OC)cc3)c3ccc(Cl)cc32)c(OC)c1. The number of sulfonamides is 1. The molecule has 0 radical (unpaired) electrons. The first kappa shape index (κ1) is 34.5. The Morgan fingerprint density at radius 2 is 1.68 bits per heavy atom. The van der Waals surface area contributed by atoms with Gasteiger partial charge in [-0.3, -0.25) is 9.69 Å². The van der Waals surface area contributed by atoms with Crippen molar-refractivity contribution in [3.8, 4) is 11.5 Å². The van der Waals surface area contributed by atoms with Crippen molar-refractivity contribution in [1.29, 1.82) is 0 Å². The molecule has 47 heavy (non-hydrogen) atoms. The van der Waals surface area contributed by atoms with Crippen molar-refractivity contribution in [1.82, 2.24) is 14.7 Å². The van der Waals surface area contributed by atoms with Gasteiger partial charge in [0.05, 0.1) is 24.8 Å². The van der Waals surface area contributed by atoms with Gasteiger partial charge in [-0.2, -0.15) is 0 Å². The molecule has 2 amide bonds. The lowest BCUT2D eigenvalue weighted by Gasteiger charge is -2.41. The van der Waals surface area contributed by atoms with Crippen molar-refractivity contribution < 1.29 is 32.2 Å². The molecule has 1 fully saturated rings. The summed E-state index contributed by atoms with van der Waals surface area (Å²) in [4.78, 5) is 33.5. The van der Waals surface area contributed by atoms with Crippen LogP contribution in [0.4, 0.5) is 10.5 Å². The number of nitrogens with zero attached hydrogens (tertiary/aromatic N) is 4. The van der Waals surface area contributed by atoms with Crippen molar-refractivity contribution >= 4 is 39.3 Å². The van der Waals surface area contributed by atoms with Crippen LogP contribution in [0.15, 0.2) is 65.6 Å². The summed E-state index contributed by atoms with van der Waals surface area (Å²) in [6, 6.07) is 16.2. The van der Waals surface area contributed by atoms with Gasteiger partial charge in [0, 0.05) is 43.3 Å². The summed E-state index contributed by atoms with van der Waals surface area (Å²) in [5.74, 6) is 0.103. The molecule has 1 saturated heterocycles. The molecule has 11 nitrogen and oxygen atoms in total. The Morgan fingerprint density at radius 1 is 0.979 bits per heavy atom. The van der Waals surface area contributed by atoms with Gasteiger partial charge in [0.25, 0.3) is 15.9 Å². The van der Waals surface area contributed by atoms with E-state index >= 15 is 4.79 Å². The van der Waals surface area contributed by atoms with Crippen LogP contribution in [0.1, 0.15) is 43.4 Å². The standard InChI is InChI=1S/C34H41ClN4O7S/c1-7-37(8-2)22-23-11-17-27(30(20-23)45-6)34(38-19-9-10-31(38)46-33(41)36(3)4)28-21-24(35)12-18-29(28)39(32(34)40)47(42,43)26-15-13-25(44-5)14-16-26/h11-18,20-21,31H,7-10,19,22H2,1-6H3/t31-,34?/m0/s1. The normalized spacial score (nSPS) is 19.6. The van der Waals surface area contributed by atoms with E-state index in [1.165, 1.54) is 49.5 Å². The first-order valence-electron chi connectivity index (χ1n) is 15.5. The molecule has 1 unspecified atom stereocenters. The molecule has 2 heterocycles. The smallest absolute Gasteiger partial charge is 0.410 e. The molecule has 0 spiro atoms. The maximum Gasteiger partial charge on any atom is 0.410 e. The van der Waals surface area contributed by atoms with E-state index in [4.69, 9.17) is 25.8 Å². The summed E-state index contributed by atoms with van der Waals surface area (Å²) >= 11 is 6.61. The maximum atomic E-state index is 15.3. The quantitative estimate of drug-likeness (QED) is 0.266. The number of anilines is 1. The molecule has 0 aromatic heterocycles. The molecule has 252 valence electrons. The van der Waals surface area contributed by atoms with E-state index in [1.807, 2.05) is 18.2 Å². The van der Waals surface area contributed by atoms with Crippen molar-refractivity contribution in [2.75, 3.05) is 52.3 Å². The van der Waals surface area contributed by atoms with Crippen LogP contribution in [0.25, 0.3) is 0 Å². The van der Waals surface area contributed by atoms with E-state index in [0.717, 1.165) is 23.0 Å². The fraction of sp³-hybridized carbons (Fsp3) is 0.412. The fourth-order valence-electron chi connectivity index (χ4n) is 6.43. The number of halogens is 1. The molecule has 0 N–H and O–H groups in total. The number of benzene rings is 3. The van der Waals surface area contributed by atoms with Gasteiger partial charge < -0.3 is 19.1 Å². The predicted octanol–water partition coefficient (Wildman–Crippen LogP) is 5.30. The Kier molecular flexibility index (Phi) is 10.1. The van der Waals surface area contributed by atoms with Crippen molar-refractivity contribution in [2.24, 2.45) is 0 Å². The van der Waals surface area contributed by atoms with Crippen molar-refractivity contribution in [3.05, 3.63) is 82.4 Å². The number of fused-ring (bicyclic) bond motifs is 1. The van der Waals surface area contributed by atoms with Crippen molar-refractivity contribution in [3.63, 3.8) is 0 Å². The topological polar surface area (TPSA) is 109 Å². The molecule has 0 bridgehead atoms. The third-order valence-corrected chi connectivity index (χ3v) is 10.8. The first-order valence-corrected chi connectivity index (χ1v) is 17.3. The Balaban J connectivity index is 1.79. The third kappa shape index (κ3) is 6.03. The van der Waals surface area contributed by atoms with Gasteiger partial charge in [-0.05, 0) is 80.0 Å². The second kappa shape index (κ2) is 13.7. The fourth-order valence-corrected chi connectivity index (χ4v) is 8.06. The first-order chi connectivity index (χ1) is 22.4. The zero-order valence-electron chi connectivity index (χ0n) is 27.5. The Labute approximate surface area is 281 Å². The lowest BCUT2D eigenvalue weighted by molar-refractivity contribution is -0.132. The zero-order chi connectivity index (χ0) is 34.1. The highest BCUT2D eigenvalue weighted by Gasteiger charge is 2.63. The lowest BCUT2D eigenvalue weighted by atomic mass is 9.81. The average Bonchev–Trinajstić information content (AvgIpc) is 3.63. The van der Waals surface area contributed by atoms with Gasteiger partial charge in [-0.25, -0.2) is 22.4 Å². The molecular weight excluding hydrogens is 644 g/mol. The van der Waals surface area contributed by atoms with Gasteiger partial charge in [-0.1, -0.05) is 37.6 Å². The minimum atomic E-state index is -4.46. The number of hydrogen-bond donors (Lipinski definition) is 0. The Morgan fingerprint density at radius 3 is 2.30 bits per heavy atom. The number of likely N-dealkylation sites (tertiary alicyclic amines) is 1. The van der Waals surface area contributed by atoms with Gasteiger partial charge in [0.1, 0.15) is 11.5 Å². The molecule has 2 atom stereocenters. The Bertz CT molecular complexity index is 1750. The van der Waals surface area contributed by atoms with Gasteiger partial charge >= 0.3 is 6.09 Å². The van der Waals surface area contributed by atoms with Crippen molar-refractivity contribution in [2.45, 2.75) is 49.9 Å². The molecule has 3 aromatic rings. The van der Waals surface area contributed by atoms with Gasteiger partial charge in [0.15, 0.2) is 11.8 Å². The lowest BCUT2D eigenvalue weighted by Crippen LogP contribution is -2.57. The van der Waals surface area contributed by atoms with Crippen LogP contribution in [0, 0.1) is 0 Å². The van der Waals surface area contributed by atoms with E-state index in [2.05, 4.69) is 18.7 Å². The molecule has 0 saturated carbocycles. The van der Waals surface area contributed by atoms with Crippen LogP contribution in [0.3, 0.4) is 0 Å². The predicted molar refractivity (Wildman–Crippen MR) is 179 cm³/mol. The molecule has 0 aliphatic carbocycles. The Hall–Kier alpha value is -3.84. The van der Waals surface area contributed by atoms with E-state index < -0.39 is 33.8 Å². The number of rotatable bonds is 11. The highest BCUT2D eigenvalue weighted by atomic mass is 35.5. The van der Waals surface area contributed by atoms with Gasteiger partial charge in [0.2, 0.25) is 0 Å². The number of carbonyl (C=O) groups excluding carboxylic acids is 2. The minimum absolute atomic E-state index is 0.0955. The monoisotopic (exact) mass is 684 g/mol. The van der Waals surface area contributed by atoms with Crippen LogP contribution >= 0.6 is 11.6 Å². The number of amides is 2. The summed E-state index contributed by atoms with van der Waals surface area (Å²) in [5.41, 5.74) is 0.0776. The molecular formula is C34H41ClN4O7S. The van der Waals surface area contributed by atoms with Gasteiger partial charge in [-0.15, -0.1) is 0 Å². The number of carbonyl (C=O) groups is 2. The largest absolute Gasteiger partial charge is 0.497 e. The summed E-state index contributed by atoms with van der Waals surface area (Å²) < 4.78 is 46.9. The summed E-state index contributed by atoms with van der Waals surface area (Å²) in [7, 11) is 1.70. The molecule has 13 heteroatoms. The summed E-state index contributed by atoms with van der Waals surface area (Å²) in [5, 5.41) is 0.308. The average molecular weight is 685 g/mol. The number of hydrogen-bond acceptors (Lipinski definition) is 9. The van der Waals surface area contributed by atoms with Crippen LogP contribution < -0.4 is 13.8 Å². The van der Waals surface area contributed by atoms with Crippen LogP contribution in [0.5, 0.6) is 11.5 Å². The molecule has 2 aliphatic heterocycles. The van der Waals surface area contributed by atoms with E-state index in [0.29, 0.717) is 53.6 Å². The van der Waals surface area contributed by atoms with Crippen LogP contribution in [-0.4, -0.2) is 89.3 Å². The van der Waals surface area contributed by atoms with E-state index in [1.54, 1.807) is 31.1 Å². The molecule has 5 rings (SSSR count). The highest BCUT2D eigenvalue weighted by Crippen LogP contribution is 2.55. The highest BCUT2D eigenvalue weighted by molar-refractivity contribution is 7.93. The van der Waals surface area contributed by atoms with Crippen LogP contribution in [-0.2, 0) is 31.6 Å². The van der Waals surface area contributed by atoms with E-state index in [-0.39, 0.29) is 10.6 Å². The third-order valence-electron chi connectivity index (χ3n) is 8.85. The van der Waals surface area contributed by atoms with Crippen LogP contribution in [0.2, 0.25) is 5.02 Å². The summed E-state index contributed by atoms with van der Waals surface area (Å²) in [6.07, 6.45) is -0.426. The zero-order valence-corrected chi connectivity index (χ0v) is 29.1. The second-order valence-electron chi connectivity index (χ2n) is 11.7. The second-order valence-corrected chi connectivity index (χ2v) is 13.9. The number of methoxy groups -OCH3 is 2. The molecule has 2 aliphatic rings. The number of ether oxygens (including phenoxy) is 3. The minimum Gasteiger partial charge on any atom is -0.497 e.